The van der Waals surface area contributed by atoms with Gasteiger partial charge in [-0.2, -0.15) is 0 Å². The van der Waals surface area contributed by atoms with Crippen LogP contribution in [0.25, 0.3) is 0 Å². The van der Waals surface area contributed by atoms with Crippen molar-refractivity contribution < 1.29 is 19.1 Å². The average molecular weight is 332 g/mol. The highest BCUT2D eigenvalue weighted by atomic mass is 16.5. The number of nitrogens with one attached hydrogen (secondary N) is 1. The molecule has 1 saturated heterocycles. The molecule has 0 saturated carbocycles. The molecule has 0 aromatic heterocycles. The van der Waals surface area contributed by atoms with Gasteiger partial charge in [0.25, 0.3) is 0 Å². The number of hydrogen-bond acceptors (Lipinski definition) is 4. The van der Waals surface area contributed by atoms with Crippen molar-refractivity contribution in [1.82, 2.24) is 10.2 Å². The summed E-state index contributed by atoms with van der Waals surface area (Å²) in [5, 5.41) is 3.07. The lowest BCUT2D eigenvalue weighted by Gasteiger charge is -2.27. The number of likely N-dealkylation sites (tertiary alicyclic amines) is 1. The fraction of sp³-hybridized carbons (Fsp3) is 0.556. The molecule has 1 aromatic rings. The zero-order valence-corrected chi connectivity index (χ0v) is 14.3. The van der Waals surface area contributed by atoms with E-state index in [0.29, 0.717) is 18.7 Å². The second-order valence-corrected chi connectivity index (χ2v) is 6.40. The van der Waals surface area contributed by atoms with Gasteiger partial charge in [0.1, 0.15) is 0 Å². The monoisotopic (exact) mass is 332 g/mol. The number of hydrogen-bond donors (Lipinski definition) is 1. The summed E-state index contributed by atoms with van der Waals surface area (Å²) in [7, 11) is 3.26. The summed E-state index contributed by atoms with van der Waals surface area (Å²) in [4.78, 5) is 25.5. The van der Waals surface area contributed by atoms with Crippen molar-refractivity contribution in [3.05, 3.63) is 23.3 Å². The average Bonchev–Trinajstić information content (AvgIpc) is 2.98. The van der Waals surface area contributed by atoms with Crippen LogP contribution in [0.15, 0.2) is 12.1 Å². The number of carbonyl (C=O) groups excluding carboxylic acids is 2. The molecule has 1 unspecified atom stereocenters. The Morgan fingerprint density at radius 2 is 1.92 bits per heavy atom. The van der Waals surface area contributed by atoms with Gasteiger partial charge in [0.15, 0.2) is 11.5 Å². The van der Waals surface area contributed by atoms with Crippen molar-refractivity contribution in [3.8, 4) is 11.5 Å². The van der Waals surface area contributed by atoms with Crippen LogP contribution in [-0.2, 0) is 22.4 Å². The maximum absolute atomic E-state index is 12.2. The van der Waals surface area contributed by atoms with Gasteiger partial charge in [0.2, 0.25) is 11.8 Å². The summed E-state index contributed by atoms with van der Waals surface area (Å²) in [5.74, 6) is 1.47. The van der Waals surface area contributed by atoms with E-state index in [4.69, 9.17) is 9.47 Å². The Morgan fingerprint density at radius 1 is 1.21 bits per heavy atom. The van der Waals surface area contributed by atoms with E-state index >= 15 is 0 Å². The van der Waals surface area contributed by atoms with Gasteiger partial charge >= 0.3 is 0 Å². The summed E-state index contributed by atoms with van der Waals surface area (Å²) >= 11 is 0. The van der Waals surface area contributed by atoms with E-state index in [2.05, 4.69) is 5.32 Å². The Kier molecular flexibility index (Phi) is 4.92. The summed E-state index contributed by atoms with van der Waals surface area (Å²) < 4.78 is 10.7. The minimum atomic E-state index is -0.0702. The first-order chi connectivity index (χ1) is 11.6. The van der Waals surface area contributed by atoms with Gasteiger partial charge in [-0.3, -0.25) is 9.59 Å². The second kappa shape index (κ2) is 7.11. The van der Waals surface area contributed by atoms with Crippen molar-refractivity contribution in [1.29, 1.82) is 0 Å². The van der Waals surface area contributed by atoms with Crippen LogP contribution in [-0.4, -0.2) is 50.1 Å². The molecule has 1 fully saturated rings. The van der Waals surface area contributed by atoms with E-state index in [-0.39, 0.29) is 24.4 Å². The number of methoxy groups -OCH3 is 2. The highest BCUT2D eigenvalue weighted by molar-refractivity contribution is 5.86. The topological polar surface area (TPSA) is 67.9 Å². The molecule has 130 valence electrons. The summed E-state index contributed by atoms with van der Waals surface area (Å²) in [6, 6.07) is 4.12. The Hall–Kier alpha value is -2.24. The van der Waals surface area contributed by atoms with Gasteiger partial charge in [-0.25, -0.2) is 0 Å². The second-order valence-electron chi connectivity index (χ2n) is 6.40. The van der Waals surface area contributed by atoms with Crippen molar-refractivity contribution in [2.75, 3.05) is 27.3 Å². The van der Waals surface area contributed by atoms with Crippen molar-refractivity contribution in [3.63, 3.8) is 0 Å². The molecular formula is C18H24N2O4. The standard InChI is InChI=1S/C18H24N2O4/c1-23-15-9-12-5-6-14(8-13(12)10-16(15)24-2)19-17(21)11-20-7-3-4-18(20)22/h9-10,14H,3-8,11H2,1-2H3,(H,19,21). The fourth-order valence-corrected chi connectivity index (χ4v) is 3.52. The number of ether oxygens (including phenoxy) is 2. The Labute approximate surface area is 142 Å². The van der Waals surface area contributed by atoms with E-state index in [9.17, 15) is 9.59 Å². The molecule has 6 heteroatoms. The molecule has 2 amide bonds. The third-order valence-electron chi connectivity index (χ3n) is 4.81. The number of rotatable bonds is 5. The third kappa shape index (κ3) is 3.47. The van der Waals surface area contributed by atoms with E-state index < -0.39 is 0 Å². The molecular weight excluding hydrogens is 308 g/mol. The van der Waals surface area contributed by atoms with E-state index in [0.717, 1.165) is 31.4 Å². The molecule has 1 aliphatic heterocycles. The minimum Gasteiger partial charge on any atom is -0.493 e. The SMILES string of the molecule is COc1cc2c(cc1OC)CC(NC(=O)CN1CCCC1=O)CC2. The quantitative estimate of drug-likeness (QED) is 0.882. The predicted octanol–water partition coefficient (Wildman–Crippen LogP) is 1.30. The van der Waals surface area contributed by atoms with Crippen LogP contribution < -0.4 is 14.8 Å². The van der Waals surface area contributed by atoms with Crippen LogP contribution in [0.3, 0.4) is 0 Å². The largest absolute Gasteiger partial charge is 0.493 e. The van der Waals surface area contributed by atoms with Crippen LogP contribution in [0.1, 0.15) is 30.4 Å². The number of benzene rings is 1. The van der Waals surface area contributed by atoms with E-state index in [1.165, 1.54) is 11.1 Å². The normalized spacial score (nSPS) is 19.8. The molecule has 1 aromatic carbocycles. The van der Waals surface area contributed by atoms with Gasteiger partial charge in [0, 0.05) is 19.0 Å². The fourth-order valence-electron chi connectivity index (χ4n) is 3.52. The highest BCUT2D eigenvalue weighted by Gasteiger charge is 2.25. The predicted molar refractivity (Wildman–Crippen MR) is 89.3 cm³/mol. The molecule has 1 N–H and O–H groups in total. The van der Waals surface area contributed by atoms with Gasteiger partial charge < -0.3 is 19.7 Å². The highest BCUT2D eigenvalue weighted by Crippen LogP contribution is 2.34. The third-order valence-corrected chi connectivity index (χ3v) is 4.81. The first-order valence-electron chi connectivity index (χ1n) is 8.41. The van der Waals surface area contributed by atoms with Gasteiger partial charge in [-0.15, -0.1) is 0 Å². The molecule has 24 heavy (non-hydrogen) atoms. The van der Waals surface area contributed by atoms with Crippen LogP contribution in [0.4, 0.5) is 0 Å². The van der Waals surface area contributed by atoms with Crippen molar-refractivity contribution in [2.24, 2.45) is 0 Å². The van der Waals surface area contributed by atoms with Gasteiger partial charge in [-0.05, 0) is 48.9 Å². The summed E-state index contributed by atoms with van der Waals surface area (Å²) in [5.41, 5.74) is 2.43. The number of amides is 2. The zero-order valence-electron chi connectivity index (χ0n) is 14.3. The summed E-state index contributed by atoms with van der Waals surface area (Å²) in [6.07, 6.45) is 3.97. The lowest BCUT2D eigenvalue weighted by atomic mass is 9.88. The van der Waals surface area contributed by atoms with Crippen molar-refractivity contribution in [2.45, 2.75) is 38.1 Å². The minimum absolute atomic E-state index is 0.0702. The zero-order chi connectivity index (χ0) is 17.1. The Bertz CT molecular complexity index is 644. The van der Waals surface area contributed by atoms with E-state index in [1.54, 1.807) is 19.1 Å². The van der Waals surface area contributed by atoms with E-state index in [1.807, 2.05) is 12.1 Å². The number of carbonyl (C=O) groups is 2. The molecule has 0 spiro atoms. The molecule has 2 aliphatic rings. The lowest BCUT2D eigenvalue weighted by Crippen LogP contribution is -2.44. The molecule has 6 nitrogen and oxygen atoms in total. The molecule has 3 rings (SSSR count). The molecule has 0 bridgehead atoms. The van der Waals surface area contributed by atoms with Crippen LogP contribution in [0.5, 0.6) is 11.5 Å². The van der Waals surface area contributed by atoms with Gasteiger partial charge in [-0.1, -0.05) is 0 Å². The number of aryl methyl sites for hydroxylation is 1. The Morgan fingerprint density at radius 3 is 2.54 bits per heavy atom. The van der Waals surface area contributed by atoms with Crippen LogP contribution in [0, 0.1) is 0 Å². The molecule has 1 aliphatic carbocycles. The maximum atomic E-state index is 12.2. The van der Waals surface area contributed by atoms with Crippen LogP contribution in [0.2, 0.25) is 0 Å². The molecule has 1 atom stereocenters. The molecule has 1 heterocycles. The summed E-state index contributed by atoms with van der Waals surface area (Å²) in [6.45, 7) is 0.866. The smallest absolute Gasteiger partial charge is 0.239 e. The first kappa shape index (κ1) is 16.6. The first-order valence-corrected chi connectivity index (χ1v) is 8.41. The van der Waals surface area contributed by atoms with Crippen molar-refractivity contribution >= 4 is 11.8 Å². The number of fused-ring (bicyclic) bond motifs is 1. The lowest BCUT2D eigenvalue weighted by molar-refractivity contribution is -0.133. The molecule has 0 radical (unpaired) electrons. The maximum Gasteiger partial charge on any atom is 0.239 e. The van der Waals surface area contributed by atoms with Crippen LogP contribution >= 0.6 is 0 Å². The van der Waals surface area contributed by atoms with Gasteiger partial charge in [0.05, 0.1) is 20.8 Å². The number of nitrogens with zero attached hydrogens (tertiary/aromatic N) is 1. The Balaban J connectivity index is 1.62.